The quantitative estimate of drug-likeness (QED) is 0.566. The van der Waals surface area contributed by atoms with Gasteiger partial charge < -0.3 is 4.42 Å². The second-order valence-electron chi connectivity index (χ2n) is 5.71. The molecule has 2 heterocycles. The topological polar surface area (TPSA) is 60.0 Å². The van der Waals surface area contributed by atoms with Gasteiger partial charge in [0.2, 0.25) is 5.89 Å². The molecule has 4 rings (SSSR count). The monoisotopic (exact) mass is 319 g/mol. The maximum Gasteiger partial charge on any atom is 0.209 e. The smallest absolute Gasteiger partial charge is 0.209 e. The molecule has 0 radical (unpaired) electrons. The lowest BCUT2D eigenvalue weighted by atomic mass is 10.3. The zero-order valence-corrected chi connectivity index (χ0v) is 13.3. The maximum absolute atomic E-state index is 5.76. The molecule has 0 N–H and O–H groups in total. The highest BCUT2D eigenvalue weighted by Crippen LogP contribution is 2.16. The first-order valence-corrected chi connectivity index (χ1v) is 7.77. The van der Waals surface area contributed by atoms with Crippen molar-refractivity contribution in [2.45, 2.75) is 13.1 Å². The molecule has 2 aromatic heterocycles. The Morgan fingerprint density at radius 2 is 1.79 bits per heavy atom. The van der Waals surface area contributed by atoms with Crippen LogP contribution in [0.2, 0.25) is 0 Å². The number of hydrogen-bond acceptors (Lipinski definition) is 5. The van der Waals surface area contributed by atoms with Gasteiger partial charge in [0, 0.05) is 6.54 Å². The summed E-state index contributed by atoms with van der Waals surface area (Å²) in [5, 5.41) is 8.84. The Bertz CT molecular complexity index is 911. The number of benzene rings is 2. The molecular weight excluding hydrogens is 302 g/mol. The Morgan fingerprint density at radius 3 is 2.62 bits per heavy atom. The van der Waals surface area contributed by atoms with Crippen LogP contribution in [0.5, 0.6) is 0 Å². The second-order valence-corrected chi connectivity index (χ2v) is 5.71. The minimum absolute atomic E-state index is 0.618. The molecule has 0 unspecified atom stereocenters. The minimum Gasteiger partial charge on any atom is -0.439 e. The van der Waals surface area contributed by atoms with E-state index in [1.165, 1.54) is 0 Å². The summed E-state index contributed by atoms with van der Waals surface area (Å²) in [7, 11) is 2.01. The lowest BCUT2D eigenvalue weighted by Gasteiger charge is -2.11. The van der Waals surface area contributed by atoms with Gasteiger partial charge in [-0.1, -0.05) is 30.3 Å². The molecule has 2 aromatic carbocycles. The fourth-order valence-electron chi connectivity index (χ4n) is 2.60. The van der Waals surface area contributed by atoms with Crippen molar-refractivity contribution in [1.82, 2.24) is 24.9 Å². The van der Waals surface area contributed by atoms with Crippen molar-refractivity contribution in [2.24, 2.45) is 0 Å². The van der Waals surface area contributed by atoms with Crippen molar-refractivity contribution in [3.8, 4) is 5.69 Å². The third-order valence-corrected chi connectivity index (χ3v) is 3.70. The molecule has 120 valence electrons. The summed E-state index contributed by atoms with van der Waals surface area (Å²) in [6, 6.07) is 17.7. The highest BCUT2D eigenvalue weighted by atomic mass is 16.3. The van der Waals surface area contributed by atoms with Crippen LogP contribution >= 0.6 is 0 Å². The molecule has 0 saturated carbocycles. The van der Waals surface area contributed by atoms with E-state index in [9.17, 15) is 0 Å². The van der Waals surface area contributed by atoms with Gasteiger partial charge in [-0.15, -0.1) is 0 Å². The SMILES string of the molecule is CN(Cc1cnn(-c2ccccc2)n1)Cc1nc2ccccc2o1. The van der Waals surface area contributed by atoms with Crippen LogP contribution in [0.3, 0.4) is 0 Å². The highest BCUT2D eigenvalue weighted by molar-refractivity contribution is 5.72. The normalized spacial score (nSPS) is 11.4. The molecule has 0 bridgehead atoms. The summed E-state index contributed by atoms with van der Waals surface area (Å²) >= 11 is 0. The van der Waals surface area contributed by atoms with Gasteiger partial charge in [-0.3, -0.25) is 4.90 Å². The van der Waals surface area contributed by atoms with E-state index in [0.717, 1.165) is 22.5 Å². The Hall–Kier alpha value is -2.99. The van der Waals surface area contributed by atoms with Crippen molar-refractivity contribution in [3.63, 3.8) is 0 Å². The molecule has 0 atom stereocenters. The first-order chi connectivity index (χ1) is 11.8. The molecule has 0 amide bonds. The Kier molecular flexibility index (Phi) is 3.80. The average molecular weight is 319 g/mol. The molecule has 0 saturated heterocycles. The first-order valence-electron chi connectivity index (χ1n) is 7.77. The van der Waals surface area contributed by atoms with Crippen molar-refractivity contribution in [3.05, 3.63) is 72.4 Å². The highest BCUT2D eigenvalue weighted by Gasteiger charge is 2.10. The van der Waals surface area contributed by atoms with Crippen LogP contribution in [0.25, 0.3) is 16.8 Å². The van der Waals surface area contributed by atoms with Gasteiger partial charge in [-0.05, 0) is 31.3 Å². The molecular formula is C18H17N5O. The largest absolute Gasteiger partial charge is 0.439 e. The summed E-state index contributed by atoms with van der Waals surface area (Å²) in [5.41, 5.74) is 3.55. The molecule has 6 nitrogen and oxygen atoms in total. The molecule has 24 heavy (non-hydrogen) atoms. The van der Waals surface area contributed by atoms with Crippen molar-refractivity contribution >= 4 is 11.1 Å². The summed E-state index contributed by atoms with van der Waals surface area (Å²) in [5.74, 6) is 0.703. The van der Waals surface area contributed by atoms with Gasteiger partial charge in [0.25, 0.3) is 0 Å². The summed E-state index contributed by atoms with van der Waals surface area (Å²) in [6.07, 6.45) is 1.79. The van der Waals surface area contributed by atoms with Crippen LogP contribution < -0.4 is 0 Å². The van der Waals surface area contributed by atoms with E-state index in [0.29, 0.717) is 19.0 Å². The van der Waals surface area contributed by atoms with Gasteiger partial charge in [0.15, 0.2) is 5.58 Å². The van der Waals surface area contributed by atoms with Crippen LogP contribution in [0.1, 0.15) is 11.6 Å². The molecule has 4 aromatic rings. The third-order valence-electron chi connectivity index (χ3n) is 3.70. The molecule has 0 aliphatic rings. The van der Waals surface area contributed by atoms with Gasteiger partial charge in [0.05, 0.1) is 24.1 Å². The average Bonchev–Trinajstić information content (AvgIpc) is 3.21. The van der Waals surface area contributed by atoms with E-state index in [4.69, 9.17) is 4.42 Å². The molecule has 6 heteroatoms. The maximum atomic E-state index is 5.76. The molecule has 0 aliphatic heterocycles. The summed E-state index contributed by atoms with van der Waals surface area (Å²) in [4.78, 5) is 8.24. The van der Waals surface area contributed by atoms with Crippen molar-refractivity contribution in [1.29, 1.82) is 0 Å². The van der Waals surface area contributed by atoms with Gasteiger partial charge in [0.1, 0.15) is 5.52 Å². The number of oxazole rings is 1. The molecule has 0 spiro atoms. The van der Waals surface area contributed by atoms with Crippen LogP contribution in [-0.2, 0) is 13.1 Å². The number of rotatable bonds is 5. The Labute approximate surface area is 139 Å². The number of nitrogens with zero attached hydrogens (tertiary/aromatic N) is 5. The van der Waals surface area contributed by atoms with Crippen LogP contribution in [0, 0.1) is 0 Å². The van der Waals surface area contributed by atoms with Gasteiger partial charge >= 0.3 is 0 Å². The van der Waals surface area contributed by atoms with E-state index in [1.807, 2.05) is 61.6 Å². The fraction of sp³-hybridized carbons (Fsp3) is 0.167. The van der Waals surface area contributed by atoms with Gasteiger partial charge in [-0.2, -0.15) is 15.0 Å². The lowest BCUT2D eigenvalue weighted by molar-refractivity contribution is 0.282. The number of fused-ring (bicyclic) bond motifs is 1. The van der Waals surface area contributed by atoms with E-state index in [2.05, 4.69) is 20.1 Å². The van der Waals surface area contributed by atoms with E-state index >= 15 is 0 Å². The van der Waals surface area contributed by atoms with Crippen LogP contribution in [0.4, 0.5) is 0 Å². The standard InChI is InChI=1S/C18H17N5O/c1-22(13-18-20-16-9-5-6-10-17(16)24-18)12-14-11-19-23(21-14)15-7-3-2-4-8-15/h2-11H,12-13H2,1H3. The molecule has 0 fully saturated rings. The van der Waals surface area contributed by atoms with E-state index < -0.39 is 0 Å². The van der Waals surface area contributed by atoms with E-state index in [-0.39, 0.29) is 0 Å². The minimum atomic E-state index is 0.618. The number of para-hydroxylation sites is 3. The summed E-state index contributed by atoms with van der Waals surface area (Å²) in [6.45, 7) is 1.29. The number of aromatic nitrogens is 4. The third kappa shape index (κ3) is 3.04. The zero-order chi connectivity index (χ0) is 16.4. The predicted octanol–water partition coefficient (Wildman–Crippen LogP) is 3.04. The van der Waals surface area contributed by atoms with Crippen molar-refractivity contribution < 1.29 is 4.42 Å². The van der Waals surface area contributed by atoms with Crippen LogP contribution in [-0.4, -0.2) is 31.9 Å². The molecule has 0 aliphatic carbocycles. The predicted molar refractivity (Wildman–Crippen MR) is 90.5 cm³/mol. The summed E-state index contributed by atoms with van der Waals surface area (Å²) < 4.78 is 5.76. The van der Waals surface area contributed by atoms with Gasteiger partial charge in [-0.25, -0.2) is 4.98 Å². The second kappa shape index (κ2) is 6.25. The first kappa shape index (κ1) is 14.6. The van der Waals surface area contributed by atoms with Crippen LogP contribution in [0.15, 0.2) is 65.2 Å². The lowest BCUT2D eigenvalue weighted by Crippen LogP contribution is -2.17. The number of hydrogen-bond donors (Lipinski definition) is 0. The Balaban J connectivity index is 1.44. The zero-order valence-electron chi connectivity index (χ0n) is 13.3. The Morgan fingerprint density at radius 1 is 1.00 bits per heavy atom. The van der Waals surface area contributed by atoms with Crippen molar-refractivity contribution in [2.75, 3.05) is 7.05 Å². The van der Waals surface area contributed by atoms with E-state index in [1.54, 1.807) is 11.0 Å². The fourth-order valence-corrected chi connectivity index (χ4v) is 2.60.